The van der Waals surface area contributed by atoms with E-state index in [0.717, 1.165) is 50.5 Å². The molecule has 2 aromatic rings. The number of benzene rings is 1. The lowest BCUT2D eigenvalue weighted by molar-refractivity contribution is 0.0965. The van der Waals surface area contributed by atoms with Gasteiger partial charge in [-0.05, 0) is 62.3 Å². The number of carbonyl (C=O) groups excluding carboxylic acids is 1. The SMILES string of the molecule is O=C1CCCCC(Cc2ccccc2)c2oc(=O)c(C(C3CC3)C3CC3)c(O)c21. The third-order valence-corrected chi connectivity index (χ3v) is 6.93. The Bertz CT molecular complexity index is 954. The number of Topliss-reactive ketones (excluding diaryl/α,β-unsaturated/α-hetero) is 1. The Labute approximate surface area is 171 Å². The standard InChI is InChI=1S/C25H28O4/c26-19-9-5-4-8-18(14-15-6-2-1-3-7-15)24-21(19)23(27)22(25(28)29-24)20(16-10-11-16)17-12-13-17/h1-3,6-7,16-18,20,27H,4-5,8-14H2. The predicted octanol–water partition coefficient (Wildman–Crippen LogP) is 5.33. The van der Waals surface area contributed by atoms with Gasteiger partial charge in [0.05, 0.1) is 11.1 Å². The molecule has 1 unspecified atom stereocenters. The van der Waals surface area contributed by atoms with Crippen LogP contribution in [0.1, 0.15) is 90.4 Å². The molecule has 4 nitrogen and oxygen atoms in total. The fraction of sp³-hybridized carbons (Fsp3) is 0.520. The van der Waals surface area contributed by atoms with Gasteiger partial charge in [-0.1, -0.05) is 36.8 Å². The zero-order valence-corrected chi connectivity index (χ0v) is 16.7. The fourth-order valence-corrected chi connectivity index (χ4v) is 5.20. The van der Waals surface area contributed by atoms with Crippen LogP contribution in [0.4, 0.5) is 0 Å². The van der Waals surface area contributed by atoms with Crippen LogP contribution < -0.4 is 5.63 Å². The van der Waals surface area contributed by atoms with Gasteiger partial charge in [0.25, 0.3) is 0 Å². The lowest BCUT2D eigenvalue weighted by Crippen LogP contribution is -2.23. The Morgan fingerprint density at radius 3 is 2.31 bits per heavy atom. The molecular weight excluding hydrogens is 364 g/mol. The summed E-state index contributed by atoms with van der Waals surface area (Å²) in [6.45, 7) is 0. The monoisotopic (exact) mass is 392 g/mol. The van der Waals surface area contributed by atoms with Gasteiger partial charge in [-0.3, -0.25) is 4.79 Å². The lowest BCUT2D eigenvalue weighted by Gasteiger charge is -2.24. The second kappa shape index (κ2) is 7.47. The summed E-state index contributed by atoms with van der Waals surface area (Å²) in [5.74, 6) is 1.17. The second-order valence-corrected chi connectivity index (χ2v) is 9.15. The molecule has 1 aromatic carbocycles. The molecule has 1 aromatic heterocycles. The van der Waals surface area contributed by atoms with Crippen molar-refractivity contribution in [1.82, 2.24) is 0 Å². The van der Waals surface area contributed by atoms with E-state index in [9.17, 15) is 14.7 Å². The maximum absolute atomic E-state index is 13.1. The average molecular weight is 392 g/mol. The average Bonchev–Trinajstić information content (AvgIpc) is 3.61. The van der Waals surface area contributed by atoms with E-state index in [4.69, 9.17) is 4.42 Å². The minimum absolute atomic E-state index is 0.0577. The van der Waals surface area contributed by atoms with E-state index in [1.807, 2.05) is 18.2 Å². The van der Waals surface area contributed by atoms with Gasteiger partial charge in [0.15, 0.2) is 5.78 Å². The highest BCUT2D eigenvalue weighted by molar-refractivity contribution is 6.00. The molecule has 0 radical (unpaired) electrons. The number of hydrogen-bond acceptors (Lipinski definition) is 4. The zero-order valence-electron chi connectivity index (χ0n) is 16.7. The third-order valence-electron chi connectivity index (χ3n) is 6.93. The first-order valence-electron chi connectivity index (χ1n) is 11.1. The number of carbonyl (C=O) groups is 1. The van der Waals surface area contributed by atoms with Crippen molar-refractivity contribution >= 4 is 5.78 Å². The predicted molar refractivity (Wildman–Crippen MR) is 111 cm³/mol. The van der Waals surface area contributed by atoms with Crippen LogP contribution in [0.2, 0.25) is 0 Å². The molecular formula is C25H28O4. The molecule has 0 spiro atoms. The molecule has 1 N–H and O–H groups in total. The normalized spacial score (nSPS) is 22.2. The van der Waals surface area contributed by atoms with E-state index in [2.05, 4.69) is 12.1 Å². The highest BCUT2D eigenvalue weighted by atomic mass is 16.4. The van der Waals surface area contributed by atoms with Crippen molar-refractivity contribution in [2.45, 2.75) is 69.6 Å². The lowest BCUT2D eigenvalue weighted by atomic mass is 9.82. The van der Waals surface area contributed by atoms with Crippen molar-refractivity contribution in [1.29, 1.82) is 0 Å². The first kappa shape index (κ1) is 18.7. The molecule has 152 valence electrons. The van der Waals surface area contributed by atoms with Crippen molar-refractivity contribution in [3.8, 4) is 5.75 Å². The largest absolute Gasteiger partial charge is 0.506 e. The Hall–Kier alpha value is -2.36. The van der Waals surface area contributed by atoms with Gasteiger partial charge >= 0.3 is 5.63 Å². The third kappa shape index (κ3) is 3.65. The van der Waals surface area contributed by atoms with Crippen LogP contribution in [-0.2, 0) is 6.42 Å². The van der Waals surface area contributed by atoms with Crippen LogP contribution in [-0.4, -0.2) is 10.9 Å². The van der Waals surface area contributed by atoms with Crippen LogP contribution >= 0.6 is 0 Å². The minimum atomic E-state index is -0.420. The number of fused-ring (bicyclic) bond motifs is 1. The zero-order chi connectivity index (χ0) is 20.0. The number of rotatable bonds is 5. The van der Waals surface area contributed by atoms with E-state index in [1.165, 1.54) is 0 Å². The summed E-state index contributed by atoms with van der Waals surface area (Å²) in [6, 6.07) is 10.1. The highest BCUT2D eigenvalue weighted by Crippen LogP contribution is 2.56. The van der Waals surface area contributed by atoms with Crippen molar-refractivity contribution in [2.75, 3.05) is 0 Å². The van der Waals surface area contributed by atoms with Crippen LogP contribution in [0, 0.1) is 11.8 Å². The number of aromatic hydroxyl groups is 1. The van der Waals surface area contributed by atoms with E-state index >= 15 is 0 Å². The van der Waals surface area contributed by atoms with Crippen molar-refractivity contribution in [3.05, 3.63) is 63.2 Å². The minimum Gasteiger partial charge on any atom is -0.506 e. The first-order chi connectivity index (χ1) is 14.1. The van der Waals surface area contributed by atoms with Gasteiger partial charge < -0.3 is 9.52 Å². The van der Waals surface area contributed by atoms with E-state index in [-0.39, 0.29) is 23.4 Å². The molecule has 5 rings (SSSR count). The molecule has 3 aliphatic rings. The summed E-state index contributed by atoms with van der Waals surface area (Å²) < 4.78 is 5.90. The van der Waals surface area contributed by atoms with Crippen molar-refractivity contribution in [3.63, 3.8) is 0 Å². The highest BCUT2D eigenvalue weighted by Gasteiger charge is 2.46. The molecule has 0 bridgehead atoms. The summed E-state index contributed by atoms with van der Waals surface area (Å²) in [5.41, 5.74) is 1.42. The van der Waals surface area contributed by atoms with Gasteiger partial charge in [0.1, 0.15) is 11.5 Å². The molecule has 0 aliphatic heterocycles. The summed E-state index contributed by atoms with van der Waals surface area (Å²) in [4.78, 5) is 26.1. The van der Waals surface area contributed by atoms with Crippen molar-refractivity contribution in [2.24, 2.45) is 11.8 Å². The molecule has 0 amide bonds. The molecule has 0 saturated heterocycles. The molecule has 2 fully saturated rings. The van der Waals surface area contributed by atoms with E-state index < -0.39 is 5.63 Å². The van der Waals surface area contributed by atoms with E-state index in [0.29, 0.717) is 41.6 Å². The van der Waals surface area contributed by atoms with Crippen molar-refractivity contribution < 1.29 is 14.3 Å². The van der Waals surface area contributed by atoms with Gasteiger partial charge in [-0.15, -0.1) is 0 Å². The summed E-state index contributed by atoms with van der Waals surface area (Å²) in [5, 5.41) is 11.2. The molecule has 4 heteroatoms. The summed E-state index contributed by atoms with van der Waals surface area (Å²) in [7, 11) is 0. The Morgan fingerprint density at radius 2 is 1.66 bits per heavy atom. The smallest absolute Gasteiger partial charge is 0.343 e. The molecule has 29 heavy (non-hydrogen) atoms. The van der Waals surface area contributed by atoms with Gasteiger partial charge in [0.2, 0.25) is 0 Å². The van der Waals surface area contributed by atoms with E-state index in [1.54, 1.807) is 0 Å². The molecule has 1 atom stereocenters. The Morgan fingerprint density at radius 1 is 0.966 bits per heavy atom. The van der Waals surface area contributed by atoms with Crippen LogP contribution in [0.5, 0.6) is 5.75 Å². The molecule has 2 saturated carbocycles. The fourth-order valence-electron chi connectivity index (χ4n) is 5.20. The first-order valence-corrected chi connectivity index (χ1v) is 11.1. The topological polar surface area (TPSA) is 67.5 Å². The van der Waals surface area contributed by atoms with Gasteiger partial charge in [-0.25, -0.2) is 4.79 Å². The quantitative estimate of drug-likeness (QED) is 0.746. The summed E-state index contributed by atoms with van der Waals surface area (Å²) >= 11 is 0. The molecule has 3 aliphatic carbocycles. The van der Waals surface area contributed by atoms with Gasteiger partial charge in [0, 0.05) is 18.3 Å². The van der Waals surface area contributed by atoms with Crippen LogP contribution in [0.15, 0.2) is 39.5 Å². The Kier molecular flexibility index (Phi) is 4.81. The Balaban J connectivity index is 1.61. The van der Waals surface area contributed by atoms with Gasteiger partial charge in [-0.2, -0.15) is 0 Å². The maximum atomic E-state index is 13.1. The molecule has 1 heterocycles. The second-order valence-electron chi connectivity index (χ2n) is 9.15. The summed E-state index contributed by atoms with van der Waals surface area (Å²) in [6.07, 6.45) is 8.09. The number of hydrogen-bond donors (Lipinski definition) is 1. The maximum Gasteiger partial charge on any atom is 0.343 e. The number of ketones is 1. The van der Waals surface area contributed by atoms with Crippen LogP contribution in [0.3, 0.4) is 0 Å². The van der Waals surface area contributed by atoms with Crippen LogP contribution in [0.25, 0.3) is 0 Å².